The molecule has 23 heavy (non-hydrogen) atoms. The number of nitrogens with zero attached hydrogens (tertiary/aromatic N) is 1. The van der Waals surface area contributed by atoms with Gasteiger partial charge in [0.2, 0.25) is 0 Å². The number of hydrogen-bond acceptors (Lipinski definition) is 3. The molecule has 1 spiro atoms. The number of piperidine rings is 1. The van der Waals surface area contributed by atoms with Crippen molar-refractivity contribution in [3.63, 3.8) is 0 Å². The minimum atomic E-state index is -0.525. The number of hydrogen-bond donors (Lipinski definition) is 0. The third-order valence-corrected chi connectivity index (χ3v) is 4.70. The molecule has 1 aromatic carbocycles. The van der Waals surface area contributed by atoms with E-state index >= 15 is 0 Å². The molecule has 5 heteroatoms. The zero-order valence-electron chi connectivity index (χ0n) is 13.8. The largest absolute Gasteiger partial charge is 0.444 e. The summed E-state index contributed by atoms with van der Waals surface area (Å²) in [5.41, 5.74) is 0.426. The molecule has 0 bridgehead atoms. The lowest BCUT2D eigenvalue weighted by Crippen LogP contribution is -2.47. The van der Waals surface area contributed by atoms with Gasteiger partial charge in [0.1, 0.15) is 11.4 Å². The van der Waals surface area contributed by atoms with E-state index in [0.717, 1.165) is 5.56 Å². The Hall–Kier alpha value is -1.91. The van der Waals surface area contributed by atoms with Gasteiger partial charge in [-0.25, -0.2) is 9.18 Å². The first-order chi connectivity index (χ1) is 10.7. The molecule has 1 aromatic rings. The molecule has 124 valence electrons. The minimum Gasteiger partial charge on any atom is -0.444 e. The molecule has 1 aliphatic carbocycles. The number of ether oxygens (including phenoxy) is 1. The van der Waals surface area contributed by atoms with Crippen LogP contribution in [0.5, 0.6) is 0 Å². The summed E-state index contributed by atoms with van der Waals surface area (Å²) < 4.78 is 18.8. The van der Waals surface area contributed by atoms with Crippen molar-refractivity contribution in [2.75, 3.05) is 13.1 Å². The average Bonchev–Trinajstić information content (AvgIpc) is 2.71. The van der Waals surface area contributed by atoms with Crippen LogP contribution in [0.25, 0.3) is 0 Å². The first-order valence-electron chi connectivity index (χ1n) is 8.01. The molecule has 1 fully saturated rings. The van der Waals surface area contributed by atoms with Crippen LogP contribution in [-0.2, 0) is 11.2 Å². The maximum absolute atomic E-state index is 13.4. The van der Waals surface area contributed by atoms with E-state index in [9.17, 15) is 14.0 Å². The number of carbonyl (C=O) groups is 2. The van der Waals surface area contributed by atoms with E-state index in [0.29, 0.717) is 37.9 Å². The van der Waals surface area contributed by atoms with Crippen molar-refractivity contribution in [1.29, 1.82) is 0 Å². The van der Waals surface area contributed by atoms with Gasteiger partial charge in [0.25, 0.3) is 0 Å². The van der Waals surface area contributed by atoms with Crippen molar-refractivity contribution in [1.82, 2.24) is 4.90 Å². The highest BCUT2D eigenvalue weighted by atomic mass is 19.1. The van der Waals surface area contributed by atoms with Gasteiger partial charge in [-0.1, -0.05) is 6.07 Å². The molecule has 0 aromatic heterocycles. The van der Waals surface area contributed by atoms with Crippen molar-refractivity contribution < 1.29 is 18.7 Å². The molecule has 2 aliphatic rings. The minimum absolute atomic E-state index is 0.0239. The molecule has 1 amide bonds. The third kappa shape index (κ3) is 2.96. The first kappa shape index (κ1) is 16.0. The normalized spacial score (nSPS) is 19.8. The lowest BCUT2D eigenvalue weighted by molar-refractivity contribution is 0.0114. The van der Waals surface area contributed by atoms with Crippen LogP contribution < -0.4 is 0 Å². The van der Waals surface area contributed by atoms with Crippen molar-refractivity contribution in [2.45, 2.75) is 45.6 Å². The van der Waals surface area contributed by atoms with Crippen LogP contribution in [0.4, 0.5) is 9.18 Å². The van der Waals surface area contributed by atoms with E-state index < -0.39 is 11.0 Å². The standard InChI is InChI=1S/C18H22FNO3/c1-17(2,3)23-16(22)20-8-6-18(7-9-20)11-12-4-5-13(19)10-14(12)15(18)21/h4-5,10H,6-9,11H2,1-3H3. The highest BCUT2D eigenvalue weighted by Crippen LogP contribution is 2.44. The Morgan fingerprint density at radius 2 is 1.91 bits per heavy atom. The maximum Gasteiger partial charge on any atom is 0.410 e. The van der Waals surface area contributed by atoms with Crippen molar-refractivity contribution in [2.24, 2.45) is 5.41 Å². The fourth-order valence-electron chi connectivity index (χ4n) is 3.49. The summed E-state index contributed by atoms with van der Waals surface area (Å²) in [6.45, 7) is 6.50. The molecule has 1 aliphatic heterocycles. The summed E-state index contributed by atoms with van der Waals surface area (Å²) in [6, 6.07) is 4.45. The van der Waals surface area contributed by atoms with Gasteiger partial charge in [-0.2, -0.15) is 0 Å². The molecule has 0 unspecified atom stereocenters. The zero-order chi connectivity index (χ0) is 16.8. The Kier molecular flexibility index (Phi) is 3.69. The van der Waals surface area contributed by atoms with Gasteiger partial charge >= 0.3 is 6.09 Å². The molecule has 0 radical (unpaired) electrons. The third-order valence-electron chi connectivity index (χ3n) is 4.70. The predicted molar refractivity (Wildman–Crippen MR) is 83.9 cm³/mol. The summed E-state index contributed by atoms with van der Waals surface area (Å²) >= 11 is 0. The molecule has 1 saturated heterocycles. The van der Waals surface area contributed by atoms with Crippen LogP contribution in [0.3, 0.4) is 0 Å². The molecular weight excluding hydrogens is 297 g/mol. The molecule has 0 atom stereocenters. The zero-order valence-corrected chi connectivity index (χ0v) is 13.8. The first-order valence-corrected chi connectivity index (χ1v) is 8.01. The number of fused-ring (bicyclic) bond motifs is 1. The van der Waals surface area contributed by atoms with Crippen LogP contribution in [0.2, 0.25) is 0 Å². The van der Waals surface area contributed by atoms with E-state index in [1.807, 2.05) is 20.8 Å². The van der Waals surface area contributed by atoms with Crippen LogP contribution >= 0.6 is 0 Å². The van der Waals surface area contributed by atoms with E-state index in [1.165, 1.54) is 12.1 Å². The highest BCUT2D eigenvalue weighted by molar-refractivity contribution is 6.05. The van der Waals surface area contributed by atoms with E-state index in [-0.39, 0.29) is 17.7 Å². The average molecular weight is 319 g/mol. The second-order valence-electron chi connectivity index (χ2n) is 7.56. The van der Waals surface area contributed by atoms with Gasteiger partial charge in [0.15, 0.2) is 5.78 Å². The number of amides is 1. The van der Waals surface area contributed by atoms with Gasteiger partial charge in [-0.05, 0) is 57.7 Å². The topological polar surface area (TPSA) is 46.6 Å². The number of Topliss-reactive ketones (excluding diaryl/α,β-unsaturated/α-hetero) is 1. The van der Waals surface area contributed by atoms with Crippen molar-refractivity contribution in [3.05, 3.63) is 35.1 Å². The van der Waals surface area contributed by atoms with E-state index in [4.69, 9.17) is 4.74 Å². The summed E-state index contributed by atoms with van der Waals surface area (Å²) in [6.07, 6.45) is 1.51. The number of halogens is 1. The Balaban J connectivity index is 1.70. The lowest BCUT2D eigenvalue weighted by Gasteiger charge is -2.38. The summed E-state index contributed by atoms with van der Waals surface area (Å²) in [5, 5.41) is 0. The number of carbonyl (C=O) groups excluding carboxylic acids is 2. The molecule has 4 nitrogen and oxygen atoms in total. The number of ketones is 1. The molecule has 0 saturated carbocycles. The van der Waals surface area contributed by atoms with Gasteiger partial charge in [-0.15, -0.1) is 0 Å². The van der Waals surface area contributed by atoms with Gasteiger partial charge in [0.05, 0.1) is 0 Å². The fraction of sp³-hybridized carbons (Fsp3) is 0.556. The van der Waals surface area contributed by atoms with Gasteiger partial charge in [0, 0.05) is 24.1 Å². The second kappa shape index (κ2) is 5.32. The quantitative estimate of drug-likeness (QED) is 0.734. The van der Waals surface area contributed by atoms with Crippen LogP contribution in [0.1, 0.15) is 49.5 Å². The fourth-order valence-corrected chi connectivity index (χ4v) is 3.49. The smallest absolute Gasteiger partial charge is 0.410 e. The Morgan fingerprint density at radius 1 is 1.26 bits per heavy atom. The monoisotopic (exact) mass is 319 g/mol. The summed E-state index contributed by atoms with van der Waals surface area (Å²) in [7, 11) is 0. The van der Waals surface area contributed by atoms with Gasteiger partial charge in [-0.3, -0.25) is 4.79 Å². The van der Waals surface area contributed by atoms with Crippen molar-refractivity contribution in [3.8, 4) is 0 Å². The number of benzene rings is 1. The van der Waals surface area contributed by atoms with Crippen LogP contribution in [-0.4, -0.2) is 35.5 Å². The highest BCUT2D eigenvalue weighted by Gasteiger charge is 2.48. The Labute approximate surface area is 135 Å². The van der Waals surface area contributed by atoms with Crippen LogP contribution in [0.15, 0.2) is 18.2 Å². The van der Waals surface area contributed by atoms with Crippen LogP contribution in [0, 0.1) is 11.2 Å². The number of rotatable bonds is 0. The SMILES string of the molecule is CC(C)(C)OC(=O)N1CCC2(CC1)Cc1ccc(F)cc1C2=O. The summed E-state index contributed by atoms with van der Waals surface area (Å²) in [5.74, 6) is -0.351. The van der Waals surface area contributed by atoms with Crippen molar-refractivity contribution >= 4 is 11.9 Å². The van der Waals surface area contributed by atoms with E-state index in [1.54, 1.807) is 11.0 Å². The molecule has 0 N–H and O–H groups in total. The Morgan fingerprint density at radius 3 is 2.52 bits per heavy atom. The summed E-state index contributed by atoms with van der Waals surface area (Å²) in [4.78, 5) is 26.5. The molecule has 1 heterocycles. The Bertz CT molecular complexity index is 655. The van der Waals surface area contributed by atoms with Gasteiger partial charge < -0.3 is 9.64 Å². The molecular formula is C18H22FNO3. The van der Waals surface area contributed by atoms with E-state index in [2.05, 4.69) is 0 Å². The maximum atomic E-state index is 13.4. The predicted octanol–water partition coefficient (Wildman–Crippen LogP) is 3.58. The lowest BCUT2D eigenvalue weighted by atomic mass is 9.75. The number of likely N-dealkylation sites (tertiary alicyclic amines) is 1. The second-order valence-corrected chi connectivity index (χ2v) is 7.56. The molecule has 3 rings (SSSR count).